The van der Waals surface area contributed by atoms with Gasteiger partial charge in [0.25, 0.3) is 0 Å². The fourth-order valence-corrected chi connectivity index (χ4v) is 3.34. The molecule has 23 heavy (non-hydrogen) atoms. The van der Waals surface area contributed by atoms with Crippen LogP contribution in [0.5, 0.6) is 0 Å². The molecule has 2 saturated heterocycles. The number of ether oxygens (including phenoxy) is 2. The van der Waals surface area contributed by atoms with Gasteiger partial charge in [0, 0.05) is 31.4 Å². The summed E-state index contributed by atoms with van der Waals surface area (Å²) in [6, 6.07) is 7.94. The number of nitrogens with two attached hydrogens (primary N) is 1. The van der Waals surface area contributed by atoms with Gasteiger partial charge in [-0.3, -0.25) is 4.90 Å². The van der Waals surface area contributed by atoms with Crippen molar-refractivity contribution in [2.45, 2.75) is 25.0 Å². The van der Waals surface area contributed by atoms with Crippen LogP contribution in [-0.2, 0) is 9.47 Å². The van der Waals surface area contributed by atoms with Crippen LogP contribution in [0.15, 0.2) is 24.3 Å². The lowest BCUT2D eigenvalue weighted by Gasteiger charge is -2.45. The first-order valence-corrected chi connectivity index (χ1v) is 8.21. The second-order valence-corrected chi connectivity index (χ2v) is 6.16. The summed E-state index contributed by atoms with van der Waals surface area (Å²) in [6.45, 7) is 4.17. The monoisotopic (exact) mass is 319 g/mol. The van der Waals surface area contributed by atoms with E-state index in [0.29, 0.717) is 24.8 Å². The molecule has 6 nitrogen and oxygen atoms in total. The summed E-state index contributed by atoms with van der Waals surface area (Å²) in [5, 5.41) is 0. The summed E-state index contributed by atoms with van der Waals surface area (Å²) in [5.41, 5.74) is 7.64. The molecule has 1 unspecified atom stereocenters. The van der Waals surface area contributed by atoms with Gasteiger partial charge in [0.05, 0.1) is 25.9 Å². The van der Waals surface area contributed by atoms with E-state index in [4.69, 9.17) is 15.2 Å². The molecule has 2 aliphatic rings. The number of rotatable bonds is 3. The van der Waals surface area contributed by atoms with Crippen LogP contribution in [0.4, 0.5) is 5.69 Å². The minimum atomic E-state index is -0.305. The predicted octanol–water partition coefficient (Wildman–Crippen LogP) is 1.06. The Morgan fingerprint density at radius 3 is 2.83 bits per heavy atom. The number of anilines is 1. The highest BCUT2D eigenvalue weighted by Crippen LogP contribution is 2.25. The molecular weight excluding hydrogens is 294 g/mol. The first kappa shape index (κ1) is 16.2. The van der Waals surface area contributed by atoms with Crippen LogP contribution in [0.1, 0.15) is 23.2 Å². The number of morpholine rings is 1. The molecule has 0 bridgehead atoms. The Bertz CT molecular complexity index is 544. The Labute approximate surface area is 137 Å². The number of methoxy groups -OCH3 is 1. The summed E-state index contributed by atoms with van der Waals surface area (Å²) >= 11 is 0. The molecule has 0 saturated carbocycles. The average molecular weight is 319 g/mol. The lowest BCUT2D eigenvalue weighted by atomic mass is 10.0. The van der Waals surface area contributed by atoms with Gasteiger partial charge in [-0.05, 0) is 31.0 Å². The Balaban J connectivity index is 1.79. The van der Waals surface area contributed by atoms with Gasteiger partial charge in [0.15, 0.2) is 0 Å². The van der Waals surface area contributed by atoms with Crippen molar-refractivity contribution in [3.8, 4) is 0 Å². The lowest BCUT2D eigenvalue weighted by Crippen LogP contribution is -2.58. The zero-order valence-electron chi connectivity index (χ0n) is 13.6. The van der Waals surface area contributed by atoms with Gasteiger partial charge in [-0.25, -0.2) is 4.79 Å². The van der Waals surface area contributed by atoms with Crippen molar-refractivity contribution in [1.29, 1.82) is 0 Å². The van der Waals surface area contributed by atoms with Crippen molar-refractivity contribution in [3.05, 3.63) is 29.8 Å². The quantitative estimate of drug-likeness (QED) is 0.840. The molecule has 2 heterocycles. The second-order valence-electron chi connectivity index (χ2n) is 6.16. The summed E-state index contributed by atoms with van der Waals surface area (Å²) < 4.78 is 10.5. The van der Waals surface area contributed by atoms with Crippen LogP contribution in [0, 0.1) is 0 Å². The highest BCUT2D eigenvalue weighted by Gasteiger charge is 2.31. The SMILES string of the molecule is COC(=O)c1cccc(N2CCOCC2N2CCC(N)CC2)c1. The average Bonchev–Trinajstić information content (AvgIpc) is 2.62. The highest BCUT2D eigenvalue weighted by molar-refractivity contribution is 5.90. The molecule has 2 N–H and O–H groups in total. The minimum Gasteiger partial charge on any atom is -0.465 e. The molecule has 0 radical (unpaired) electrons. The third-order valence-electron chi connectivity index (χ3n) is 4.70. The van der Waals surface area contributed by atoms with Crippen molar-refractivity contribution in [2.24, 2.45) is 5.73 Å². The topological polar surface area (TPSA) is 68.0 Å². The fraction of sp³-hybridized carbons (Fsp3) is 0.588. The second kappa shape index (κ2) is 7.29. The maximum absolute atomic E-state index is 11.8. The van der Waals surface area contributed by atoms with Gasteiger partial charge >= 0.3 is 5.97 Å². The molecule has 6 heteroatoms. The standard InChI is InChI=1S/C17H25N3O3/c1-22-17(21)13-3-2-4-15(11-13)20-9-10-23-12-16(20)19-7-5-14(18)6-8-19/h2-4,11,14,16H,5-10,12,18H2,1H3. The van der Waals surface area contributed by atoms with Crippen molar-refractivity contribution >= 4 is 11.7 Å². The molecule has 1 aromatic carbocycles. The number of carbonyl (C=O) groups excluding carboxylic acids is 1. The van der Waals surface area contributed by atoms with E-state index in [-0.39, 0.29) is 12.1 Å². The van der Waals surface area contributed by atoms with E-state index in [9.17, 15) is 4.79 Å². The largest absolute Gasteiger partial charge is 0.465 e. The first-order chi connectivity index (χ1) is 11.2. The first-order valence-electron chi connectivity index (χ1n) is 8.21. The van der Waals surface area contributed by atoms with Crippen molar-refractivity contribution in [2.75, 3.05) is 44.9 Å². The van der Waals surface area contributed by atoms with E-state index < -0.39 is 0 Å². The molecular formula is C17H25N3O3. The Morgan fingerprint density at radius 2 is 2.09 bits per heavy atom. The van der Waals surface area contributed by atoms with Gasteiger partial charge in [-0.15, -0.1) is 0 Å². The molecule has 0 amide bonds. The molecule has 3 rings (SSSR count). The number of piperidine rings is 1. The van der Waals surface area contributed by atoms with Crippen LogP contribution in [-0.4, -0.2) is 63.0 Å². The number of esters is 1. The molecule has 1 aromatic rings. The van der Waals surface area contributed by atoms with Crippen LogP contribution >= 0.6 is 0 Å². The number of nitrogens with zero attached hydrogens (tertiary/aromatic N) is 2. The molecule has 2 aliphatic heterocycles. The Hall–Kier alpha value is -1.63. The molecule has 0 spiro atoms. The van der Waals surface area contributed by atoms with Gasteiger partial charge in [-0.1, -0.05) is 6.07 Å². The highest BCUT2D eigenvalue weighted by atomic mass is 16.5. The molecule has 1 atom stereocenters. The number of hydrogen-bond acceptors (Lipinski definition) is 6. The van der Waals surface area contributed by atoms with E-state index in [1.165, 1.54) is 7.11 Å². The van der Waals surface area contributed by atoms with Crippen LogP contribution in [0.2, 0.25) is 0 Å². The van der Waals surface area contributed by atoms with Crippen molar-refractivity contribution < 1.29 is 14.3 Å². The normalized spacial score (nSPS) is 23.7. The van der Waals surface area contributed by atoms with E-state index in [1.54, 1.807) is 6.07 Å². The number of carbonyl (C=O) groups is 1. The van der Waals surface area contributed by atoms with E-state index in [2.05, 4.69) is 9.80 Å². The molecule has 2 fully saturated rings. The Morgan fingerprint density at radius 1 is 1.30 bits per heavy atom. The molecule has 126 valence electrons. The summed E-state index contributed by atoms with van der Waals surface area (Å²) in [4.78, 5) is 16.5. The van der Waals surface area contributed by atoms with Crippen molar-refractivity contribution in [1.82, 2.24) is 4.90 Å². The number of likely N-dealkylation sites (tertiary alicyclic amines) is 1. The molecule has 0 aromatic heterocycles. The van der Waals surface area contributed by atoms with Crippen LogP contribution in [0.25, 0.3) is 0 Å². The summed E-state index contributed by atoms with van der Waals surface area (Å²) in [7, 11) is 1.41. The smallest absolute Gasteiger partial charge is 0.337 e. The fourth-order valence-electron chi connectivity index (χ4n) is 3.34. The minimum absolute atomic E-state index is 0.198. The van der Waals surface area contributed by atoms with Crippen LogP contribution < -0.4 is 10.6 Å². The maximum atomic E-state index is 11.8. The third kappa shape index (κ3) is 3.65. The van der Waals surface area contributed by atoms with Crippen LogP contribution in [0.3, 0.4) is 0 Å². The Kier molecular flexibility index (Phi) is 5.15. The maximum Gasteiger partial charge on any atom is 0.337 e. The van der Waals surface area contributed by atoms with Crippen molar-refractivity contribution in [3.63, 3.8) is 0 Å². The number of benzene rings is 1. The van der Waals surface area contributed by atoms with Gasteiger partial charge in [0.1, 0.15) is 6.17 Å². The summed E-state index contributed by atoms with van der Waals surface area (Å²) in [6.07, 6.45) is 2.24. The molecule has 0 aliphatic carbocycles. The number of hydrogen-bond donors (Lipinski definition) is 1. The predicted molar refractivity (Wildman–Crippen MR) is 88.5 cm³/mol. The zero-order valence-corrected chi connectivity index (χ0v) is 13.6. The van der Waals surface area contributed by atoms with E-state index in [0.717, 1.165) is 38.2 Å². The van der Waals surface area contributed by atoms with E-state index in [1.807, 2.05) is 18.2 Å². The lowest BCUT2D eigenvalue weighted by molar-refractivity contribution is 0.0200. The third-order valence-corrected chi connectivity index (χ3v) is 4.70. The van der Waals surface area contributed by atoms with Gasteiger partial charge in [-0.2, -0.15) is 0 Å². The summed E-state index contributed by atoms with van der Waals surface area (Å²) in [5.74, 6) is -0.305. The van der Waals surface area contributed by atoms with Gasteiger partial charge in [0.2, 0.25) is 0 Å². The van der Waals surface area contributed by atoms with Gasteiger partial charge < -0.3 is 20.1 Å². The zero-order chi connectivity index (χ0) is 16.2. The van der Waals surface area contributed by atoms with E-state index >= 15 is 0 Å².